The number of nitrogens with zero attached hydrogens (tertiary/aromatic N) is 3. The zero-order chi connectivity index (χ0) is 29.7. The molecule has 3 atom stereocenters. The number of rotatable bonds is 7. The van der Waals surface area contributed by atoms with Gasteiger partial charge < -0.3 is 40.1 Å². The monoisotopic (exact) mass is 570 g/mol. The molecule has 2 heterocycles. The first-order valence-corrected chi connectivity index (χ1v) is 14.3. The summed E-state index contributed by atoms with van der Waals surface area (Å²) in [4.78, 5) is 43.0. The highest BCUT2D eigenvalue weighted by Gasteiger charge is 2.35. The molecule has 0 unspecified atom stereocenters. The second kappa shape index (κ2) is 13.2. The fourth-order valence-electron chi connectivity index (χ4n) is 5.37. The third kappa shape index (κ3) is 7.10. The van der Waals surface area contributed by atoms with Gasteiger partial charge in [-0.05, 0) is 45.7 Å². The molecule has 2 aliphatic rings. The third-order valence-electron chi connectivity index (χ3n) is 7.94. The van der Waals surface area contributed by atoms with Crippen LogP contribution in [0, 0.1) is 19.8 Å². The number of anilines is 2. The predicted molar refractivity (Wildman–Crippen MR) is 154 cm³/mol. The van der Waals surface area contributed by atoms with Crippen LogP contribution in [0.3, 0.4) is 0 Å². The zero-order valence-corrected chi connectivity index (χ0v) is 24.5. The Labute approximate surface area is 240 Å². The molecule has 5 amide bonds. The molecule has 1 aromatic carbocycles. The summed E-state index contributed by atoms with van der Waals surface area (Å²) in [6.45, 7) is 7.52. The molecule has 1 fully saturated rings. The Hall–Kier alpha value is -3.80. The number of ether oxygens (including phenoxy) is 1. The summed E-state index contributed by atoms with van der Waals surface area (Å²) < 4.78 is 11.6. The van der Waals surface area contributed by atoms with Gasteiger partial charge >= 0.3 is 12.1 Å². The number of para-hydroxylation sites is 1. The molecule has 0 spiro atoms. The molecule has 4 rings (SSSR count). The molecule has 12 heteroatoms. The quantitative estimate of drug-likeness (QED) is 0.391. The number of hydrogen-bond acceptors (Lipinski definition) is 7. The highest BCUT2D eigenvalue weighted by atomic mass is 16.5. The molecule has 41 heavy (non-hydrogen) atoms. The molecular weight excluding hydrogens is 528 g/mol. The SMILES string of the molecule is Cc1noc(C)c1NC(=O)Nc1cccc2c1O[C@@H](CN(C)C(=O)NC1CCCCC1)[C@@H](C)CN([C@@H](C)CO)C2=O. The normalized spacial score (nSPS) is 20.2. The molecule has 0 bridgehead atoms. The van der Waals surface area contributed by atoms with E-state index in [-0.39, 0.29) is 48.4 Å². The topological polar surface area (TPSA) is 149 Å². The van der Waals surface area contributed by atoms with Crippen LogP contribution >= 0.6 is 0 Å². The maximum Gasteiger partial charge on any atom is 0.323 e. The lowest BCUT2D eigenvalue weighted by atomic mass is 9.96. The lowest BCUT2D eigenvalue weighted by Crippen LogP contribution is -2.52. The first-order valence-electron chi connectivity index (χ1n) is 14.3. The number of carbonyl (C=O) groups is 3. The number of aromatic nitrogens is 1. The second-order valence-electron chi connectivity index (χ2n) is 11.2. The number of carbonyl (C=O) groups excluding carboxylic acids is 3. The lowest BCUT2D eigenvalue weighted by Gasteiger charge is -2.38. The van der Waals surface area contributed by atoms with Crippen molar-refractivity contribution in [2.75, 3.05) is 37.4 Å². The van der Waals surface area contributed by atoms with Crippen LogP contribution in [-0.4, -0.2) is 83.0 Å². The van der Waals surface area contributed by atoms with Crippen molar-refractivity contribution < 1.29 is 28.8 Å². The Bertz CT molecular complexity index is 1220. The van der Waals surface area contributed by atoms with Crippen LogP contribution in [0.1, 0.15) is 67.8 Å². The van der Waals surface area contributed by atoms with E-state index < -0.39 is 18.2 Å². The lowest BCUT2D eigenvalue weighted by molar-refractivity contribution is 0.0368. The van der Waals surface area contributed by atoms with Crippen LogP contribution < -0.4 is 20.7 Å². The van der Waals surface area contributed by atoms with Crippen molar-refractivity contribution in [1.29, 1.82) is 0 Å². The van der Waals surface area contributed by atoms with E-state index in [1.807, 2.05) is 6.92 Å². The van der Waals surface area contributed by atoms with Crippen molar-refractivity contribution >= 4 is 29.3 Å². The second-order valence-corrected chi connectivity index (χ2v) is 11.2. The van der Waals surface area contributed by atoms with E-state index in [4.69, 9.17) is 9.26 Å². The minimum absolute atomic E-state index is 0.167. The van der Waals surface area contributed by atoms with E-state index in [1.165, 1.54) is 6.42 Å². The molecular formula is C29H42N6O6. The molecule has 0 radical (unpaired) electrons. The molecule has 0 saturated heterocycles. The molecule has 1 aromatic heterocycles. The number of fused-ring (bicyclic) bond motifs is 1. The Morgan fingerprint density at radius 3 is 2.59 bits per heavy atom. The van der Waals surface area contributed by atoms with Gasteiger partial charge in [0.05, 0.1) is 30.4 Å². The highest BCUT2D eigenvalue weighted by molar-refractivity contribution is 6.04. The van der Waals surface area contributed by atoms with Gasteiger partial charge in [-0.25, -0.2) is 9.59 Å². The maximum absolute atomic E-state index is 13.7. The first-order chi connectivity index (χ1) is 19.6. The van der Waals surface area contributed by atoms with Gasteiger partial charge in [-0.15, -0.1) is 0 Å². The number of hydrogen-bond donors (Lipinski definition) is 4. The van der Waals surface area contributed by atoms with Gasteiger partial charge in [-0.1, -0.05) is 37.4 Å². The van der Waals surface area contributed by atoms with Crippen molar-refractivity contribution in [3.63, 3.8) is 0 Å². The summed E-state index contributed by atoms with van der Waals surface area (Å²) in [5.74, 6) is 0.156. The summed E-state index contributed by atoms with van der Waals surface area (Å²) in [7, 11) is 1.73. The molecule has 12 nitrogen and oxygen atoms in total. The number of nitrogens with one attached hydrogen (secondary N) is 3. The molecule has 1 saturated carbocycles. The Morgan fingerprint density at radius 2 is 1.93 bits per heavy atom. The van der Waals surface area contributed by atoms with Crippen molar-refractivity contribution in [2.45, 2.75) is 78.0 Å². The van der Waals surface area contributed by atoms with Gasteiger partial charge in [0, 0.05) is 25.6 Å². The van der Waals surface area contributed by atoms with Gasteiger partial charge in [0.15, 0.2) is 11.5 Å². The van der Waals surface area contributed by atoms with Crippen LogP contribution in [-0.2, 0) is 0 Å². The largest absolute Gasteiger partial charge is 0.485 e. The van der Waals surface area contributed by atoms with Crippen LogP contribution in [0.5, 0.6) is 5.75 Å². The Kier molecular flexibility index (Phi) is 9.74. The fourth-order valence-corrected chi connectivity index (χ4v) is 5.37. The number of aryl methyl sites for hydroxylation is 2. The summed E-state index contributed by atoms with van der Waals surface area (Å²) in [5.41, 5.74) is 1.54. The molecule has 1 aliphatic heterocycles. The van der Waals surface area contributed by atoms with Gasteiger partial charge in [0.1, 0.15) is 17.5 Å². The van der Waals surface area contributed by atoms with Crippen LogP contribution in [0.15, 0.2) is 22.7 Å². The van der Waals surface area contributed by atoms with Crippen molar-refractivity contribution in [1.82, 2.24) is 20.3 Å². The minimum Gasteiger partial charge on any atom is -0.485 e. The van der Waals surface area contributed by atoms with E-state index in [0.717, 1.165) is 25.7 Å². The summed E-state index contributed by atoms with van der Waals surface area (Å²) in [6.07, 6.45) is 4.87. The predicted octanol–water partition coefficient (Wildman–Crippen LogP) is 4.13. The third-order valence-corrected chi connectivity index (χ3v) is 7.94. The number of amides is 5. The average Bonchev–Trinajstić information content (AvgIpc) is 3.27. The van der Waals surface area contributed by atoms with E-state index in [2.05, 4.69) is 21.1 Å². The Morgan fingerprint density at radius 1 is 1.20 bits per heavy atom. The minimum atomic E-state index is -0.555. The fraction of sp³-hybridized carbons (Fsp3) is 0.586. The van der Waals surface area contributed by atoms with Gasteiger partial charge in [0.2, 0.25) is 0 Å². The van der Waals surface area contributed by atoms with E-state index in [1.54, 1.807) is 55.8 Å². The smallest absolute Gasteiger partial charge is 0.323 e. The van der Waals surface area contributed by atoms with Crippen LogP contribution in [0.2, 0.25) is 0 Å². The number of aliphatic hydroxyl groups excluding tert-OH is 1. The van der Waals surface area contributed by atoms with Crippen molar-refractivity contribution in [3.05, 3.63) is 35.2 Å². The average molecular weight is 571 g/mol. The van der Waals surface area contributed by atoms with E-state index in [9.17, 15) is 19.5 Å². The number of likely N-dealkylation sites (N-methyl/N-ethyl adjacent to an activating group) is 1. The van der Waals surface area contributed by atoms with Crippen LogP contribution in [0.25, 0.3) is 0 Å². The van der Waals surface area contributed by atoms with Crippen LogP contribution in [0.4, 0.5) is 21.0 Å². The number of aliphatic hydroxyl groups is 1. The summed E-state index contributed by atoms with van der Waals surface area (Å²) in [5, 5.41) is 22.5. The number of urea groups is 2. The highest BCUT2D eigenvalue weighted by Crippen LogP contribution is 2.35. The standard InChI is InChI=1S/C29H42N6O6/c1-17-14-35(18(2)16-36)27(37)22-12-9-13-23(31-28(38)32-25-19(3)33-41-20(25)4)26(22)40-24(17)15-34(5)29(39)30-21-10-7-6-8-11-21/h9,12-13,17-18,21,24,36H,6-8,10-11,14-16H2,1-5H3,(H,30,39)(H2,31,32,38)/t17-,18-,24-/m0/s1. The molecule has 224 valence electrons. The zero-order valence-electron chi connectivity index (χ0n) is 24.5. The van der Waals surface area contributed by atoms with Gasteiger partial charge in [-0.2, -0.15) is 0 Å². The van der Waals surface area contributed by atoms with E-state index in [0.29, 0.717) is 29.4 Å². The van der Waals surface area contributed by atoms with Crippen molar-refractivity contribution in [2.24, 2.45) is 5.92 Å². The van der Waals surface area contributed by atoms with Crippen molar-refractivity contribution in [3.8, 4) is 5.75 Å². The Balaban J connectivity index is 1.60. The summed E-state index contributed by atoms with van der Waals surface area (Å²) in [6, 6.07) is 3.96. The first kappa shape index (κ1) is 30.2. The molecule has 4 N–H and O–H groups in total. The molecule has 2 aromatic rings. The van der Waals surface area contributed by atoms with E-state index >= 15 is 0 Å². The van der Waals surface area contributed by atoms with Gasteiger partial charge in [-0.3, -0.25) is 4.79 Å². The number of benzene rings is 1. The van der Waals surface area contributed by atoms with Gasteiger partial charge in [0.25, 0.3) is 5.91 Å². The maximum atomic E-state index is 13.7. The molecule has 1 aliphatic carbocycles. The summed E-state index contributed by atoms with van der Waals surface area (Å²) >= 11 is 0.